The van der Waals surface area contributed by atoms with Crippen LogP contribution in [0, 0.1) is 0 Å². The normalized spacial score (nSPS) is 23.8. The summed E-state index contributed by atoms with van der Waals surface area (Å²) in [4.78, 5) is 2.48. The summed E-state index contributed by atoms with van der Waals surface area (Å²) < 4.78 is 0. The van der Waals surface area contributed by atoms with Gasteiger partial charge in [0.1, 0.15) is 5.82 Å². The predicted molar refractivity (Wildman–Crippen MR) is 74.6 cm³/mol. The third kappa shape index (κ3) is 2.64. The van der Waals surface area contributed by atoms with Gasteiger partial charge in [0, 0.05) is 23.3 Å². The highest BCUT2D eigenvalue weighted by Gasteiger charge is 2.42. The van der Waals surface area contributed by atoms with E-state index < -0.39 is 0 Å². The minimum absolute atomic E-state index is 0.196. The lowest BCUT2D eigenvalue weighted by Gasteiger charge is -2.53. The summed E-state index contributed by atoms with van der Waals surface area (Å²) in [7, 11) is 2.22. The van der Waals surface area contributed by atoms with Gasteiger partial charge in [0.25, 0.3) is 0 Å². The minimum Gasteiger partial charge on any atom is -0.366 e. The fourth-order valence-corrected chi connectivity index (χ4v) is 3.06. The molecular formula is C14H24N4. The molecule has 0 aromatic carbocycles. The number of aromatic nitrogens is 2. The molecule has 1 N–H and O–H groups in total. The second-order valence-electron chi connectivity index (χ2n) is 6.54. The fourth-order valence-electron chi connectivity index (χ4n) is 3.06. The molecule has 0 aliphatic carbocycles. The van der Waals surface area contributed by atoms with Crippen LogP contribution < -0.4 is 5.32 Å². The Labute approximate surface area is 110 Å². The first-order chi connectivity index (χ1) is 8.31. The van der Waals surface area contributed by atoms with Crippen LogP contribution in [0.2, 0.25) is 0 Å². The first-order valence-corrected chi connectivity index (χ1v) is 6.59. The second-order valence-corrected chi connectivity index (χ2v) is 6.54. The molecule has 0 unspecified atom stereocenters. The number of rotatable bonds is 2. The number of nitrogens with zero attached hydrogens (tertiary/aromatic N) is 3. The van der Waals surface area contributed by atoms with Gasteiger partial charge in [-0.1, -0.05) is 0 Å². The van der Waals surface area contributed by atoms with Crippen molar-refractivity contribution in [2.75, 3.05) is 12.4 Å². The molecule has 0 atom stereocenters. The van der Waals surface area contributed by atoms with Crippen molar-refractivity contribution in [1.82, 2.24) is 15.1 Å². The summed E-state index contributed by atoms with van der Waals surface area (Å²) in [6.07, 6.45) is 3.93. The monoisotopic (exact) mass is 248 g/mol. The highest BCUT2D eigenvalue weighted by molar-refractivity contribution is 5.33. The smallest absolute Gasteiger partial charge is 0.148 e. The molecule has 1 aliphatic rings. The third-order valence-electron chi connectivity index (χ3n) is 4.23. The highest BCUT2D eigenvalue weighted by Crippen LogP contribution is 2.37. The van der Waals surface area contributed by atoms with Crippen LogP contribution in [0.25, 0.3) is 0 Å². The van der Waals surface area contributed by atoms with Crippen molar-refractivity contribution >= 4 is 5.82 Å². The van der Waals surface area contributed by atoms with Crippen LogP contribution in [0.5, 0.6) is 0 Å². The maximum Gasteiger partial charge on any atom is 0.148 e. The van der Waals surface area contributed by atoms with E-state index in [0.29, 0.717) is 6.04 Å². The standard InChI is InChI=1S/C14H24N4/c1-13(2)9-11(10-14(3,4)18(13)5)16-12-7-6-8-15-17-12/h6-8,11H,9-10H2,1-5H3,(H,16,17). The van der Waals surface area contributed by atoms with Gasteiger partial charge >= 0.3 is 0 Å². The van der Waals surface area contributed by atoms with E-state index in [1.165, 1.54) is 0 Å². The Hall–Kier alpha value is -1.16. The van der Waals surface area contributed by atoms with Crippen LogP contribution in [0.3, 0.4) is 0 Å². The number of hydrogen-bond donors (Lipinski definition) is 1. The van der Waals surface area contributed by atoms with Gasteiger partial charge in [0.2, 0.25) is 0 Å². The summed E-state index contributed by atoms with van der Waals surface area (Å²) in [6, 6.07) is 4.34. The zero-order valence-electron chi connectivity index (χ0n) is 12.1. The van der Waals surface area contributed by atoms with Crippen LogP contribution in [0.4, 0.5) is 5.82 Å². The van der Waals surface area contributed by atoms with Crippen molar-refractivity contribution in [3.63, 3.8) is 0 Å². The van der Waals surface area contributed by atoms with E-state index in [1.807, 2.05) is 12.1 Å². The lowest BCUT2D eigenvalue weighted by molar-refractivity contribution is -0.00773. The molecule has 1 aliphatic heterocycles. The predicted octanol–water partition coefficient (Wildman–Crippen LogP) is 2.54. The first-order valence-electron chi connectivity index (χ1n) is 6.59. The van der Waals surface area contributed by atoms with Gasteiger partial charge in [-0.3, -0.25) is 4.90 Å². The van der Waals surface area contributed by atoms with E-state index in [2.05, 4.69) is 55.2 Å². The van der Waals surface area contributed by atoms with E-state index in [4.69, 9.17) is 0 Å². The number of hydrogen-bond acceptors (Lipinski definition) is 4. The van der Waals surface area contributed by atoms with Crippen molar-refractivity contribution in [2.24, 2.45) is 0 Å². The zero-order valence-corrected chi connectivity index (χ0v) is 12.1. The molecule has 4 heteroatoms. The Kier molecular flexibility index (Phi) is 3.32. The largest absolute Gasteiger partial charge is 0.366 e. The summed E-state index contributed by atoms with van der Waals surface area (Å²) in [5.74, 6) is 0.874. The Morgan fingerprint density at radius 1 is 1.22 bits per heavy atom. The molecule has 0 radical (unpaired) electrons. The van der Waals surface area contributed by atoms with E-state index in [1.54, 1.807) is 6.20 Å². The number of anilines is 1. The third-order valence-corrected chi connectivity index (χ3v) is 4.23. The molecule has 2 heterocycles. The molecule has 0 spiro atoms. The lowest BCUT2D eigenvalue weighted by Crippen LogP contribution is -2.61. The van der Waals surface area contributed by atoms with Crippen molar-refractivity contribution in [3.05, 3.63) is 18.3 Å². The Bertz CT molecular complexity index is 382. The van der Waals surface area contributed by atoms with Crippen molar-refractivity contribution < 1.29 is 0 Å². The summed E-state index contributed by atoms with van der Waals surface area (Å²) >= 11 is 0. The van der Waals surface area contributed by atoms with Gasteiger partial charge < -0.3 is 5.32 Å². The molecule has 1 aromatic rings. The Morgan fingerprint density at radius 2 is 1.83 bits per heavy atom. The van der Waals surface area contributed by atoms with Crippen molar-refractivity contribution in [3.8, 4) is 0 Å². The van der Waals surface area contributed by atoms with E-state index in [-0.39, 0.29) is 11.1 Å². The van der Waals surface area contributed by atoms with Gasteiger partial charge in [-0.2, -0.15) is 5.10 Å². The molecule has 0 bridgehead atoms. The van der Waals surface area contributed by atoms with Crippen LogP contribution in [0.1, 0.15) is 40.5 Å². The first kappa shape index (κ1) is 13.3. The molecular weight excluding hydrogens is 224 g/mol. The van der Waals surface area contributed by atoms with Gasteiger partial charge in [0.05, 0.1) is 0 Å². The molecule has 100 valence electrons. The topological polar surface area (TPSA) is 41.0 Å². The summed E-state index contributed by atoms with van der Waals surface area (Å²) in [5.41, 5.74) is 0.392. The van der Waals surface area contributed by atoms with Gasteiger partial charge in [-0.15, -0.1) is 5.10 Å². The van der Waals surface area contributed by atoms with E-state index in [0.717, 1.165) is 18.7 Å². The number of likely N-dealkylation sites (tertiary alicyclic amines) is 1. The highest BCUT2D eigenvalue weighted by atomic mass is 15.3. The molecule has 1 saturated heterocycles. The van der Waals surface area contributed by atoms with Gasteiger partial charge in [-0.05, 0) is 59.7 Å². The fraction of sp³-hybridized carbons (Fsp3) is 0.714. The Balaban J connectivity index is 2.12. The summed E-state index contributed by atoms with van der Waals surface area (Å²) in [6.45, 7) is 9.22. The average molecular weight is 248 g/mol. The molecule has 2 rings (SSSR count). The minimum atomic E-state index is 0.196. The Morgan fingerprint density at radius 3 is 2.33 bits per heavy atom. The lowest BCUT2D eigenvalue weighted by atomic mass is 9.77. The SMILES string of the molecule is CN1C(C)(C)CC(Nc2cccnn2)CC1(C)C. The second kappa shape index (κ2) is 4.50. The number of nitrogens with one attached hydrogen (secondary N) is 1. The maximum atomic E-state index is 4.11. The molecule has 4 nitrogen and oxygen atoms in total. The summed E-state index contributed by atoms with van der Waals surface area (Å²) in [5, 5.41) is 11.5. The van der Waals surface area contributed by atoms with Crippen LogP contribution >= 0.6 is 0 Å². The van der Waals surface area contributed by atoms with Crippen LogP contribution in [0.15, 0.2) is 18.3 Å². The van der Waals surface area contributed by atoms with Gasteiger partial charge in [-0.25, -0.2) is 0 Å². The van der Waals surface area contributed by atoms with Gasteiger partial charge in [0.15, 0.2) is 0 Å². The molecule has 1 aromatic heterocycles. The zero-order chi connectivity index (χ0) is 13.4. The molecule has 1 fully saturated rings. The molecule has 0 saturated carbocycles. The maximum absolute atomic E-state index is 4.11. The average Bonchev–Trinajstić information content (AvgIpc) is 2.26. The molecule has 18 heavy (non-hydrogen) atoms. The van der Waals surface area contributed by atoms with Crippen LogP contribution in [-0.2, 0) is 0 Å². The quantitative estimate of drug-likeness (QED) is 0.873. The van der Waals surface area contributed by atoms with E-state index in [9.17, 15) is 0 Å². The van der Waals surface area contributed by atoms with Crippen molar-refractivity contribution in [1.29, 1.82) is 0 Å². The van der Waals surface area contributed by atoms with E-state index >= 15 is 0 Å². The van der Waals surface area contributed by atoms with Crippen molar-refractivity contribution in [2.45, 2.75) is 57.7 Å². The van der Waals surface area contributed by atoms with Crippen LogP contribution in [-0.4, -0.2) is 39.3 Å². The molecule has 0 amide bonds. The number of piperidine rings is 1.